The molecule has 1 N–H and O–H groups in total. The van der Waals surface area contributed by atoms with Crippen LogP contribution in [0.1, 0.15) is 58.1 Å². The number of benzene rings is 1. The van der Waals surface area contributed by atoms with Crippen molar-refractivity contribution in [2.75, 3.05) is 13.7 Å². The van der Waals surface area contributed by atoms with Crippen LogP contribution < -0.4 is 10.1 Å². The molecule has 0 spiro atoms. The van der Waals surface area contributed by atoms with Gasteiger partial charge in [0, 0.05) is 6.04 Å². The first kappa shape index (κ1) is 16.0. The van der Waals surface area contributed by atoms with Crippen LogP contribution in [0.15, 0.2) is 24.3 Å². The summed E-state index contributed by atoms with van der Waals surface area (Å²) in [7, 11) is 2.04. The quantitative estimate of drug-likeness (QED) is 0.659. The zero-order valence-corrected chi connectivity index (χ0v) is 12.9. The maximum atomic E-state index is 5.70. The highest BCUT2D eigenvalue weighted by Gasteiger charge is 2.12. The van der Waals surface area contributed by atoms with Crippen LogP contribution >= 0.6 is 0 Å². The van der Waals surface area contributed by atoms with E-state index >= 15 is 0 Å². The van der Waals surface area contributed by atoms with Crippen LogP contribution in [0.4, 0.5) is 0 Å². The van der Waals surface area contributed by atoms with Crippen molar-refractivity contribution in [3.8, 4) is 5.75 Å². The van der Waals surface area contributed by atoms with E-state index in [0.717, 1.165) is 24.7 Å². The van der Waals surface area contributed by atoms with E-state index in [2.05, 4.69) is 50.4 Å². The van der Waals surface area contributed by atoms with E-state index < -0.39 is 0 Å². The van der Waals surface area contributed by atoms with E-state index in [4.69, 9.17) is 4.74 Å². The van der Waals surface area contributed by atoms with Gasteiger partial charge in [-0.1, -0.05) is 45.7 Å². The van der Waals surface area contributed by atoms with Crippen molar-refractivity contribution in [3.63, 3.8) is 0 Å². The van der Waals surface area contributed by atoms with E-state index in [1.807, 2.05) is 7.05 Å². The highest BCUT2D eigenvalue weighted by Crippen LogP contribution is 2.24. The van der Waals surface area contributed by atoms with Gasteiger partial charge in [-0.3, -0.25) is 0 Å². The number of ether oxygens (including phenoxy) is 1. The first-order chi connectivity index (χ1) is 9.21. The van der Waals surface area contributed by atoms with E-state index in [9.17, 15) is 0 Å². The summed E-state index contributed by atoms with van der Waals surface area (Å²) >= 11 is 0. The lowest BCUT2D eigenvalue weighted by atomic mass is 9.94. The SMILES string of the molecule is CCCCOc1ccc(C(CC(C)CC)NC)cc1. The number of rotatable bonds is 9. The molecule has 19 heavy (non-hydrogen) atoms. The molecule has 0 saturated carbocycles. The smallest absolute Gasteiger partial charge is 0.119 e. The van der Waals surface area contributed by atoms with Gasteiger partial charge in [0.2, 0.25) is 0 Å². The molecule has 2 atom stereocenters. The molecule has 1 aromatic rings. The molecule has 0 bridgehead atoms. The molecular weight excluding hydrogens is 234 g/mol. The second kappa shape index (κ2) is 8.98. The van der Waals surface area contributed by atoms with Crippen LogP contribution in [0.5, 0.6) is 5.75 Å². The van der Waals surface area contributed by atoms with E-state index in [1.54, 1.807) is 0 Å². The van der Waals surface area contributed by atoms with Crippen molar-refractivity contribution in [2.24, 2.45) is 5.92 Å². The first-order valence-electron chi connectivity index (χ1n) is 7.61. The van der Waals surface area contributed by atoms with Crippen molar-refractivity contribution in [1.82, 2.24) is 5.32 Å². The van der Waals surface area contributed by atoms with E-state index in [0.29, 0.717) is 6.04 Å². The van der Waals surface area contributed by atoms with Crippen LogP contribution in [-0.4, -0.2) is 13.7 Å². The fraction of sp³-hybridized carbons (Fsp3) is 0.647. The lowest BCUT2D eigenvalue weighted by Gasteiger charge is -2.20. The van der Waals surface area contributed by atoms with Gasteiger partial charge in [-0.25, -0.2) is 0 Å². The molecule has 0 fully saturated rings. The summed E-state index contributed by atoms with van der Waals surface area (Å²) in [4.78, 5) is 0. The van der Waals surface area contributed by atoms with Crippen molar-refractivity contribution >= 4 is 0 Å². The molecule has 1 rings (SSSR count). The predicted octanol–water partition coefficient (Wildman–Crippen LogP) is 4.56. The lowest BCUT2D eigenvalue weighted by molar-refractivity contribution is 0.309. The van der Waals surface area contributed by atoms with Crippen LogP contribution in [0.2, 0.25) is 0 Å². The average molecular weight is 263 g/mol. The Labute approximate surface area is 118 Å². The molecule has 0 saturated heterocycles. The normalized spacial score (nSPS) is 14.1. The summed E-state index contributed by atoms with van der Waals surface area (Å²) in [5, 5.41) is 3.41. The summed E-state index contributed by atoms with van der Waals surface area (Å²) in [5.41, 5.74) is 1.35. The summed E-state index contributed by atoms with van der Waals surface area (Å²) in [6.45, 7) is 7.56. The Hall–Kier alpha value is -1.02. The van der Waals surface area contributed by atoms with E-state index in [-0.39, 0.29) is 0 Å². The fourth-order valence-electron chi connectivity index (χ4n) is 2.12. The molecule has 2 nitrogen and oxygen atoms in total. The topological polar surface area (TPSA) is 21.3 Å². The van der Waals surface area contributed by atoms with Gasteiger partial charge in [0.25, 0.3) is 0 Å². The molecule has 0 aliphatic rings. The number of hydrogen-bond donors (Lipinski definition) is 1. The third-order valence-corrected chi connectivity index (χ3v) is 3.73. The Morgan fingerprint density at radius 3 is 2.37 bits per heavy atom. The van der Waals surface area contributed by atoms with Gasteiger partial charge in [0.1, 0.15) is 5.75 Å². The largest absolute Gasteiger partial charge is 0.494 e. The number of nitrogens with one attached hydrogen (secondary N) is 1. The monoisotopic (exact) mass is 263 g/mol. The minimum atomic E-state index is 0.444. The minimum absolute atomic E-state index is 0.444. The predicted molar refractivity (Wildman–Crippen MR) is 82.7 cm³/mol. The van der Waals surface area contributed by atoms with Gasteiger partial charge in [0.05, 0.1) is 6.61 Å². The molecule has 0 radical (unpaired) electrons. The highest BCUT2D eigenvalue weighted by molar-refractivity contribution is 5.29. The van der Waals surface area contributed by atoms with Gasteiger partial charge < -0.3 is 10.1 Å². The second-order valence-corrected chi connectivity index (χ2v) is 5.36. The third kappa shape index (κ3) is 5.65. The summed E-state index contributed by atoms with van der Waals surface area (Å²) < 4.78 is 5.70. The Kier molecular flexibility index (Phi) is 7.57. The number of unbranched alkanes of at least 4 members (excludes halogenated alkanes) is 1. The Bertz CT molecular complexity index is 334. The maximum absolute atomic E-state index is 5.70. The summed E-state index contributed by atoms with van der Waals surface area (Å²) in [6.07, 6.45) is 4.71. The van der Waals surface area contributed by atoms with Gasteiger partial charge in [0.15, 0.2) is 0 Å². The molecule has 0 aliphatic heterocycles. The first-order valence-corrected chi connectivity index (χ1v) is 7.61. The van der Waals surface area contributed by atoms with Gasteiger partial charge in [-0.2, -0.15) is 0 Å². The zero-order valence-electron chi connectivity index (χ0n) is 12.9. The average Bonchev–Trinajstić information content (AvgIpc) is 2.45. The zero-order chi connectivity index (χ0) is 14.1. The second-order valence-electron chi connectivity index (χ2n) is 5.36. The van der Waals surface area contributed by atoms with Crippen LogP contribution in [0.3, 0.4) is 0 Å². The van der Waals surface area contributed by atoms with Crippen molar-refractivity contribution in [1.29, 1.82) is 0 Å². The maximum Gasteiger partial charge on any atom is 0.119 e. The van der Waals surface area contributed by atoms with E-state index in [1.165, 1.54) is 24.8 Å². The summed E-state index contributed by atoms with van der Waals surface area (Å²) in [5.74, 6) is 1.73. The third-order valence-electron chi connectivity index (χ3n) is 3.73. The van der Waals surface area contributed by atoms with Crippen LogP contribution in [0.25, 0.3) is 0 Å². The lowest BCUT2D eigenvalue weighted by Crippen LogP contribution is -2.18. The highest BCUT2D eigenvalue weighted by atomic mass is 16.5. The summed E-state index contributed by atoms with van der Waals surface area (Å²) in [6, 6.07) is 8.99. The Morgan fingerprint density at radius 2 is 1.84 bits per heavy atom. The van der Waals surface area contributed by atoms with Crippen molar-refractivity contribution in [3.05, 3.63) is 29.8 Å². The fourth-order valence-corrected chi connectivity index (χ4v) is 2.12. The van der Waals surface area contributed by atoms with Crippen LogP contribution in [-0.2, 0) is 0 Å². The Morgan fingerprint density at radius 1 is 1.16 bits per heavy atom. The molecule has 0 aliphatic carbocycles. The van der Waals surface area contributed by atoms with Crippen molar-refractivity contribution in [2.45, 2.75) is 52.5 Å². The van der Waals surface area contributed by atoms with Crippen LogP contribution in [0, 0.1) is 5.92 Å². The minimum Gasteiger partial charge on any atom is -0.494 e. The van der Waals surface area contributed by atoms with Gasteiger partial charge in [-0.05, 0) is 43.5 Å². The molecular formula is C17H29NO. The van der Waals surface area contributed by atoms with Gasteiger partial charge in [-0.15, -0.1) is 0 Å². The molecule has 2 heteroatoms. The molecule has 2 unspecified atom stereocenters. The standard InChI is InChI=1S/C17H29NO/c1-5-7-12-19-16-10-8-15(9-11-16)17(18-4)13-14(3)6-2/h8-11,14,17-18H,5-7,12-13H2,1-4H3. The van der Waals surface area contributed by atoms with Gasteiger partial charge >= 0.3 is 0 Å². The molecule has 1 aromatic carbocycles. The molecule has 108 valence electrons. The molecule has 0 amide bonds. The Balaban J connectivity index is 2.57. The molecule has 0 heterocycles. The van der Waals surface area contributed by atoms with Crippen molar-refractivity contribution < 1.29 is 4.74 Å². The number of hydrogen-bond acceptors (Lipinski definition) is 2. The molecule has 0 aromatic heterocycles.